The highest BCUT2D eigenvalue weighted by molar-refractivity contribution is 6.00. The fraction of sp³-hybridized carbons (Fsp3) is 0.500. The van der Waals surface area contributed by atoms with Crippen LogP contribution in [0.15, 0.2) is 18.5 Å². The quantitative estimate of drug-likeness (QED) is 0.849. The monoisotopic (exact) mass is 364 g/mol. The van der Waals surface area contributed by atoms with Crippen molar-refractivity contribution in [2.45, 2.75) is 25.2 Å². The number of anilines is 1. The van der Waals surface area contributed by atoms with Crippen molar-refractivity contribution < 1.29 is 18.4 Å². The summed E-state index contributed by atoms with van der Waals surface area (Å²) in [5, 5.41) is 9.25. The van der Waals surface area contributed by atoms with Crippen LogP contribution in [0.3, 0.4) is 0 Å². The van der Waals surface area contributed by atoms with Gasteiger partial charge in [0.15, 0.2) is 5.65 Å². The molecule has 0 saturated carbocycles. The third-order valence-electron chi connectivity index (χ3n) is 4.87. The van der Waals surface area contributed by atoms with Crippen LogP contribution in [-0.4, -0.2) is 52.6 Å². The van der Waals surface area contributed by atoms with Crippen LogP contribution in [0.25, 0.3) is 5.65 Å². The minimum Gasteiger partial charge on any atom is -0.368 e. The Morgan fingerprint density at radius 3 is 2.96 bits per heavy atom. The van der Waals surface area contributed by atoms with Crippen LogP contribution < -0.4 is 15.5 Å². The molecule has 2 aliphatic rings. The fourth-order valence-electron chi connectivity index (χ4n) is 3.59. The largest absolute Gasteiger partial charge is 0.368 e. The molecular formula is C16H18F2N6O2. The molecule has 0 radical (unpaired) electrons. The molecule has 8 nitrogen and oxygen atoms in total. The van der Waals surface area contributed by atoms with E-state index in [4.69, 9.17) is 0 Å². The van der Waals surface area contributed by atoms with Gasteiger partial charge < -0.3 is 10.2 Å². The van der Waals surface area contributed by atoms with E-state index in [-0.39, 0.29) is 18.9 Å². The molecule has 0 bridgehead atoms. The number of fused-ring (bicyclic) bond motifs is 1. The number of aromatic nitrogens is 3. The van der Waals surface area contributed by atoms with E-state index >= 15 is 0 Å². The summed E-state index contributed by atoms with van der Waals surface area (Å²) in [5.41, 5.74) is 1.88. The van der Waals surface area contributed by atoms with Crippen molar-refractivity contribution >= 4 is 23.3 Å². The molecule has 0 aliphatic carbocycles. The molecular weight excluding hydrogens is 346 g/mol. The first kappa shape index (κ1) is 16.7. The zero-order valence-electron chi connectivity index (χ0n) is 13.9. The zero-order valence-corrected chi connectivity index (χ0v) is 13.9. The molecule has 2 N–H and O–H groups in total. The molecule has 138 valence electrons. The molecule has 26 heavy (non-hydrogen) atoms. The summed E-state index contributed by atoms with van der Waals surface area (Å²) in [6, 6.07) is 1.25. The second-order valence-electron chi connectivity index (χ2n) is 6.63. The number of hydrogen-bond donors (Lipinski definition) is 2. The highest BCUT2D eigenvalue weighted by Gasteiger charge is 2.32. The molecule has 4 rings (SSSR count). The Balaban J connectivity index is 1.66. The molecule has 2 aliphatic heterocycles. The van der Waals surface area contributed by atoms with Gasteiger partial charge in [-0.3, -0.25) is 10.1 Å². The Hall–Kier alpha value is -2.78. The first-order chi connectivity index (χ1) is 12.5. The van der Waals surface area contributed by atoms with Crippen LogP contribution >= 0.6 is 0 Å². The predicted molar refractivity (Wildman–Crippen MR) is 88.2 cm³/mol. The number of nitrogens with one attached hydrogen (secondary N) is 2. The van der Waals surface area contributed by atoms with Crippen molar-refractivity contribution in [1.29, 1.82) is 0 Å². The lowest BCUT2D eigenvalue weighted by atomic mass is 10.0. The lowest BCUT2D eigenvalue weighted by molar-refractivity contribution is -0.122. The molecule has 2 saturated heterocycles. The number of imide groups is 1. The van der Waals surface area contributed by atoms with Gasteiger partial charge in [-0.15, -0.1) is 0 Å². The first-order valence-electron chi connectivity index (χ1n) is 8.47. The second kappa shape index (κ2) is 6.50. The number of hydrogen-bond acceptors (Lipinski definition) is 5. The number of carbonyl (C=O) groups excluding carboxylic acids is 2. The highest BCUT2D eigenvalue weighted by atomic mass is 19.3. The molecule has 2 atom stereocenters. The van der Waals surface area contributed by atoms with Gasteiger partial charge >= 0.3 is 6.03 Å². The number of halogens is 2. The second-order valence-corrected chi connectivity index (χ2v) is 6.63. The Morgan fingerprint density at radius 2 is 2.19 bits per heavy atom. The minimum atomic E-state index is -2.31. The molecule has 2 aromatic rings. The van der Waals surface area contributed by atoms with Crippen LogP contribution in [0.5, 0.6) is 0 Å². The fourth-order valence-corrected chi connectivity index (χ4v) is 3.59. The Bertz CT molecular complexity index is 854. The van der Waals surface area contributed by atoms with Gasteiger partial charge in [0.05, 0.1) is 17.3 Å². The average molecular weight is 364 g/mol. The molecule has 2 fully saturated rings. The van der Waals surface area contributed by atoms with E-state index in [0.717, 1.165) is 5.69 Å². The molecule has 2 aromatic heterocycles. The summed E-state index contributed by atoms with van der Waals surface area (Å²) >= 11 is 0. The van der Waals surface area contributed by atoms with E-state index in [1.807, 2.05) is 4.90 Å². The van der Waals surface area contributed by atoms with Gasteiger partial charge in [0.1, 0.15) is 0 Å². The number of amides is 3. The van der Waals surface area contributed by atoms with Crippen LogP contribution in [0.1, 0.15) is 24.5 Å². The maximum Gasteiger partial charge on any atom is 0.321 e. The first-order valence-corrected chi connectivity index (χ1v) is 8.47. The Kier molecular flexibility index (Phi) is 4.17. The van der Waals surface area contributed by atoms with E-state index < -0.39 is 24.3 Å². The summed E-state index contributed by atoms with van der Waals surface area (Å²) in [6.07, 6.45) is 1.54. The van der Waals surface area contributed by atoms with Crippen LogP contribution in [0.2, 0.25) is 0 Å². The summed E-state index contributed by atoms with van der Waals surface area (Å²) in [4.78, 5) is 29.7. The van der Waals surface area contributed by atoms with Gasteiger partial charge in [-0.25, -0.2) is 23.1 Å². The lowest BCUT2D eigenvalue weighted by Crippen LogP contribution is -2.51. The molecule has 10 heteroatoms. The lowest BCUT2D eigenvalue weighted by Gasteiger charge is -2.24. The van der Waals surface area contributed by atoms with E-state index in [2.05, 4.69) is 20.7 Å². The molecule has 4 heterocycles. The third kappa shape index (κ3) is 3.06. The van der Waals surface area contributed by atoms with Crippen molar-refractivity contribution in [3.05, 3.63) is 24.2 Å². The van der Waals surface area contributed by atoms with Gasteiger partial charge in [0.2, 0.25) is 12.3 Å². The van der Waals surface area contributed by atoms with Crippen molar-refractivity contribution in [2.75, 3.05) is 24.5 Å². The van der Waals surface area contributed by atoms with Crippen LogP contribution in [-0.2, 0) is 4.79 Å². The topological polar surface area (TPSA) is 91.6 Å². The number of imidazole rings is 1. The van der Waals surface area contributed by atoms with Gasteiger partial charge in [0, 0.05) is 38.4 Å². The SMILES string of the molecule is O=C1NCC(c2cc(N3CC[C@H](CC(F)F)C3)c3nccn3n2)C(=O)N1. The van der Waals surface area contributed by atoms with E-state index in [1.54, 1.807) is 23.0 Å². The Labute approximate surface area is 147 Å². The van der Waals surface area contributed by atoms with Gasteiger partial charge in [-0.2, -0.15) is 5.10 Å². The maximum absolute atomic E-state index is 12.7. The van der Waals surface area contributed by atoms with Crippen molar-refractivity contribution in [1.82, 2.24) is 25.2 Å². The van der Waals surface area contributed by atoms with Gasteiger partial charge in [-0.1, -0.05) is 0 Å². The molecule has 0 aromatic carbocycles. The number of urea groups is 1. The van der Waals surface area contributed by atoms with Crippen molar-refractivity contribution in [3.63, 3.8) is 0 Å². The summed E-state index contributed by atoms with van der Waals surface area (Å²) < 4.78 is 26.9. The third-order valence-corrected chi connectivity index (χ3v) is 4.87. The van der Waals surface area contributed by atoms with E-state index in [1.165, 1.54) is 0 Å². The standard InChI is InChI=1S/C16H18F2N6O2/c17-13(18)5-9-1-3-23(8-9)12-6-11(22-24-4-2-19-14(12)24)10-7-20-16(26)21-15(10)25/h2,4,6,9-10,13H,1,3,5,7-8H2,(H2,20,21,25,26)/t9-,10?/m1/s1. The van der Waals surface area contributed by atoms with Crippen molar-refractivity contribution in [3.8, 4) is 0 Å². The normalized spacial score (nSPS) is 23.6. The summed E-state index contributed by atoms with van der Waals surface area (Å²) in [7, 11) is 0. The van der Waals surface area contributed by atoms with E-state index in [9.17, 15) is 18.4 Å². The number of nitrogens with zero attached hydrogens (tertiary/aromatic N) is 4. The predicted octanol–water partition coefficient (Wildman–Crippen LogP) is 1.13. The molecule has 0 spiro atoms. The number of alkyl halides is 2. The van der Waals surface area contributed by atoms with Gasteiger partial charge in [-0.05, 0) is 18.4 Å². The summed E-state index contributed by atoms with van der Waals surface area (Å²) in [6.45, 7) is 1.33. The molecule has 3 amide bonds. The summed E-state index contributed by atoms with van der Waals surface area (Å²) in [5.74, 6) is -1.10. The van der Waals surface area contributed by atoms with Crippen molar-refractivity contribution in [2.24, 2.45) is 5.92 Å². The average Bonchev–Trinajstić information content (AvgIpc) is 3.22. The Morgan fingerprint density at radius 1 is 1.35 bits per heavy atom. The maximum atomic E-state index is 12.7. The highest BCUT2D eigenvalue weighted by Crippen LogP contribution is 2.31. The minimum absolute atomic E-state index is 0.0705. The smallest absolute Gasteiger partial charge is 0.321 e. The molecule has 1 unspecified atom stereocenters. The van der Waals surface area contributed by atoms with Crippen LogP contribution in [0.4, 0.5) is 19.3 Å². The zero-order chi connectivity index (χ0) is 18.3. The van der Waals surface area contributed by atoms with E-state index in [0.29, 0.717) is 30.9 Å². The number of carbonyl (C=O) groups is 2. The number of rotatable bonds is 4. The van der Waals surface area contributed by atoms with Gasteiger partial charge in [0.25, 0.3) is 0 Å². The van der Waals surface area contributed by atoms with Crippen LogP contribution in [0, 0.1) is 5.92 Å².